The second-order valence-corrected chi connectivity index (χ2v) is 6.29. The highest BCUT2D eigenvalue weighted by molar-refractivity contribution is 5.97. The second-order valence-electron chi connectivity index (χ2n) is 6.29. The largest absolute Gasteiger partial charge is 0.507 e. The fraction of sp³-hybridized carbons (Fsp3) is 0.238. The molecule has 0 bridgehead atoms. The predicted octanol–water partition coefficient (Wildman–Crippen LogP) is 3.41. The van der Waals surface area contributed by atoms with Crippen LogP contribution in [0.3, 0.4) is 0 Å². The highest BCUT2D eigenvalue weighted by atomic mass is 16.6. The van der Waals surface area contributed by atoms with Gasteiger partial charge in [0.15, 0.2) is 0 Å². The highest BCUT2D eigenvalue weighted by Gasteiger charge is 2.22. The smallest absolute Gasteiger partial charge is 0.412 e. The van der Waals surface area contributed by atoms with Crippen molar-refractivity contribution in [2.45, 2.75) is 19.8 Å². The Balaban J connectivity index is 1.77. The van der Waals surface area contributed by atoms with Gasteiger partial charge in [-0.2, -0.15) is 0 Å². The number of rotatable bonds is 5. The summed E-state index contributed by atoms with van der Waals surface area (Å²) in [6.07, 6.45) is 4.48. The molecule has 0 heterocycles. The first-order valence-electron chi connectivity index (χ1n) is 8.67. The quantitative estimate of drug-likeness (QED) is 0.366. The van der Waals surface area contributed by atoms with Gasteiger partial charge in [0.2, 0.25) is 0 Å². The Morgan fingerprint density at radius 1 is 1.15 bits per heavy atom. The summed E-state index contributed by atoms with van der Waals surface area (Å²) in [4.78, 5) is 23.6. The van der Waals surface area contributed by atoms with Gasteiger partial charge in [-0.25, -0.2) is 9.59 Å². The van der Waals surface area contributed by atoms with Crippen molar-refractivity contribution in [1.82, 2.24) is 5.32 Å². The average Bonchev–Trinajstić information content (AvgIpc) is 2.68. The van der Waals surface area contributed by atoms with E-state index in [1.807, 2.05) is 30.4 Å². The van der Waals surface area contributed by atoms with Gasteiger partial charge in [-0.05, 0) is 19.8 Å². The minimum atomic E-state index is -0.644. The number of nitrogens with one attached hydrogen (secondary N) is 1. The standard InChI is InChI=1S/C21H21NO5/c1-13(2)20(24)26-12-11-22-21(25)27-19-16-9-5-3-7-14(16)18(23)15-8-4-6-10-17(15)19/h3-7,9,23H,1,8,10-12H2,2H3,(H,22,25). The molecule has 0 unspecified atom stereocenters. The van der Waals surface area contributed by atoms with Crippen LogP contribution in [0.1, 0.15) is 18.1 Å². The number of ether oxygens (including phenoxy) is 2. The third-order valence-corrected chi connectivity index (χ3v) is 4.31. The van der Waals surface area contributed by atoms with Crippen LogP contribution in [0.15, 0.2) is 48.6 Å². The number of hydrogen-bond donors (Lipinski definition) is 2. The summed E-state index contributed by atoms with van der Waals surface area (Å²) in [7, 11) is 0. The van der Waals surface area contributed by atoms with Crippen LogP contribution in [-0.2, 0) is 22.4 Å². The zero-order valence-electron chi connectivity index (χ0n) is 15.1. The molecule has 0 saturated carbocycles. The number of esters is 1. The van der Waals surface area contributed by atoms with E-state index in [1.165, 1.54) is 0 Å². The number of fused-ring (bicyclic) bond motifs is 2. The third-order valence-electron chi connectivity index (χ3n) is 4.31. The van der Waals surface area contributed by atoms with Gasteiger partial charge in [-0.15, -0.1) is 0 Å². The molecule has 0 aromatic heterocycles. The van der Waals surface area contributed by atoms with Crippen LogP contribution in [0.4, 0.5) is 4.79 Å². The van der Waals surface area contributed by atoms with E-state index in [0.717, 1.165) is 11.1 Å². The fourth-order valence-electron chi connectivity index (χ4n) is 3.00. The predicted molar refractivity (Wildman–Crippen MR) is 102 cm³/mol. The van der Waals surface area contributed by atoms with Crippen molar-refractivity contribution in [2.75, 3.05) is 13.2 Å². The molecule has 140 valence electrons. The molecule has 1 amide bonds. The third kappa shape index (κ3) is 3.95. The molecule has 0 radical (unpaired) electrons. The number of amides is 1. The van der Waals surface area contributed by atoms with E-state index in [0.29, 0.717) is 34.9 Å². The van der Waals surface area contributed by atoms with Crippen molar-refractivity contribution in [3.8, 4) is 11.5 Å². The maximum absolute atomic E-state index is 12.2. The summed E-state index contributed by atoms with van der Waals surface area (Å²) in [5.74, 6) is 0.166. The summed E-state index contributed by atoms with van der Waals surface area (Å²) >= 11 is 0. The Morgan fingerprint density at radius 2 is 1.81 bits per heavy atom. The van der Waals surface area contributed by atoms with Crippen LogP contribution >= 0.6 is 0 Å². The van der Waals surface area contributed by atoms with Crippen LogP contribution in [0, 0.1) is 0 Å². The van der Waals surface area contributed by atoms with Crippen LogP contribution in [0.5, 0.6) is 11.5 Å². The molecule has 2 N–H and O–H groups in total. The summed E-state index contributed by atoms with van der Waals surface area (Å²) in [6.45, 7) is 5.19. The lowest BCUT2D eigenvalue weighted by molar-refractivity contribution is -0.138. The fourth-order valence-corrected chi connectivity index (χ4v) is 3.00. The molecule has 27 heavy (non-hydrogen) atoms. The van der Waals surface area contributed by atoms with Crippen LogP contribution < -0.4 is 10.1 Å². The Hall–Kier alpha value is -3.28. The maximum atomic E-state index is 12.2. The van der Waals surface area contributed by atoms with E-state index in [1.54, 1.807) is 13.0 Å². The van der Waals surface area contributed by atoms with Gasteiger partial charge < -0.3 is 19.9 Å². The molecule has 0 atom stereocenters. The number of carbonyl (C=O) groups excluding carboxylic acids is 2. The van der Waals surface area contributed by atoms with Crippen molar-refractivity contribution in [3.05, 3.63) is 59.7 Å². The van der Waals surface area contributed by atoms with Crippen molar-refractivity contribution < 1.29 is 24.2 Å². The number of hydrogen-bond acceptors (Lipinski definition) is 5. The minimum Gasteiger partial charge on any atom is -0.507 e. The molecular weight excluding hydrogens is 346 g/mol. The van der Waals surface area contributed by atoms with Gasteiger partial charge in [0.25, 0.3) is 0 Å². The zero-order chi connectivity index (χ0) is 19.4. The van der Waals surface area contributed by atoms with Gasteiger partial charge in [-0.1, -0.05) is 43.0 Å². The van der Waals surface area contributed by atoms with E-state index in [2.05, 4.69) is 11.9 Å². The molecule has 2 aromatic rings. The van der Waals surface area contributed by atoms with Crippen molar-refractivity contribution >= 4 is 22.8 Å². The normalized spacial score (nSPS) is 12.3. The van der Waals surface area contributed by atoms with Gasteiger partial charge >= 0.3 is 12.1 Å². The van der Waals surface area contributed by atoms with Gasteiger partial charge in [0, 0.05) is 27.5 Å². The number of allylic oxidation sites excluding steroid dienone is 2. The molecule has 1 aliphatic carbocycles. The molecular formula is C21H21NO5. The number of benzene rings is 2. The molecule has 6 heteroatoms. The lowest BCUT2D eigenvalue weighted by atomic mass is 9.91. The van der Waals surface area contributed by atoms with Crippen LogP contribution in [-0.4, -0.2) is 30.3 Å². The Bertz CT molecular complexity index is 945. The first-order valence-corrected chi connectivity index (χ1v) is 8.67. The van der Waals surface area contributed by atoms with E-state index in [4.69, 9.17) is 9.47 Å². The first kappa shape index (κ1) is 18.5. The molecule has 2 aromatic carbocycles. The molecule has 0 saturated heterocycles. The van der Waals surface area contributed by atoms with Crippen molar-refractivity contribution in [2.24, 2.45) is 0 Å². The zero-order valence-corrected chi connectivity index (χ0v) is 15.1. The van der Waals surface area contributed by atoms with Gasteiger partial charge in [0.05, 0.1) is 6.54 Å². The van der Waals surface area contributed by atoms with E-state index < -0.39 is 12.1 Å². The van der Waals surface area contributed by atoms with Crippen molar-refractivity contribution in [3.63, 3.8) is 0 Å². The lowest BCUT2D eigenvalue weighted by Crippen LogP contribution is -2.31. The summed E-state index contributed by atoms with van der Waals surface area (Å²) in [5, 5.41) is 14.5. The van der Waals surface area contributed by atoms with Crippen LogP contribution in [0.25, 0.3) is 10.8 Å². The topological polar surface area (TPSA) is 84.9 Å². The number of carbonyl (C=O) groups is 2. The monoisotopic (exact) mass is 367 g/mol. The number of phenolic OH excluding ortho intramolecular Hbond substituents is 1. The Morgan fingerprint density at radius 3 is 2.52 bits per heavy atom. The summed E-state index contributed by atoms with van der Waals surface area (Å²) in [6, 6.07) is 7.26. The van der Waals surface area contributed by atoms with Gasteiger partial charge in [-0.3, -0.25) is 0 Å². The second kappa shape index (κ2) is 7.95. The molecule has 0 spiro atoms. The molecule has 0 fully saturated rings. The molecule has 0 aliphatic heterocycles. The van der Waals surface area contributed by atoms with Crippen LogP contribution in [0.2, 0.25) is 0 Å². The van der Waals surface area contributed by atoms with E-state index in [-0.39, 0.29) is 18.9 Å². The molecule has 1 aliphatic rings. The Kier molecular flexibility index (Phi) is 5.45. The highest BCUT2D eigenvalue weighted by Crippen LogP contribution is 2.42. The number of phenols is 1. The molecule has 3 rings (SSSR count). The summed E-state index contributed by atoms with van der Waals surface area (Å²) < 4.78 is 10.5. The minimum absolute atomic E-state index is 0.0258. The van der Waals surface area contributed by atoms with E-state index in [9.17, 15) is 14.7 Å². The number of aromatic hydroxyl groups is 1. The first-order chi connectivity index (χ1) is 13.0. The lowest BCUT2D eigenvalue weighted by Gasteiger charge is -2.20. The summed E-state index contributed by atoms with van der Waals surface area (Å²) in [5.41, 5.74) is 1.87. The SMILES string of the molecule is C=C(C)C(=O)OCCNC(=O)Oc1c2c(c(O)c3ccccc13)CC=CC2. The van der Waals surface area contributed by atoms with Crippen molar-refractivity contribution in [1.29, 1.82) is 0 Å². The maximum Gasteiger partial charge on any atom is 0.412 e. The van der Waals surface area contributed by atoms with Gasteiger partial charge in [0.1, 0.15) is 18.1 Å². The van der Waals surface area contributed by atoms with E-state index >= 15 is 0 Å². The average molecular weight is 367 g/mol. The molecule has 6 nitrogen and oxygen atoms in total. The Labute approximate surface area is 157 Å².